The van der Waals surface area contributed by atoms with E-state index in [2.05, 4.69) is 4.52 Å². The maximum absolute atomic E-state index is 10.3. The molecule has 1 fully saturated rings. The van der Waals surface area contributed by atoms with Crippen molar-refractivity contribution < 1.29 is 38.9 Å². The summed E-state index contributed by atoms with van der Waals surface area (Å²) in [6.07, 6.45) is -5.56. The van der Waals surface area contributed by atoms with Crippen LogP contribution in [0.1, 0.15) is 6.42 Å². The minimum atomic E-state index is -5.28. The molecule has 1 rings (SSSR count). The van der Waals surface area contributed by atoms with Gasteiger partial charge in [0, 0.05) is 6.42 Å². The molecule has 1 aliphatic heterocycles. The molecule has 0 radical (unpaired) electrons. The van der Waals surface area contributed by atoms with Crippen LogP contribution < -0.4 is 9.79 Å². The molecular formula is C6H11O8P-2. The molecule has 0 aliphatic carbocycles. The van der Waals surface area contributed by atoms with Crippen molar-refractivity contribution >= 4 is 7.82 Å². The van der Waals surface area contributed by atoms with Crippen LogP contribution in [0.3, 0.4) is 0 Å². The molecule has 0 saturated carbocycles. The van der Waals surface area contributed by atoms with Crippen LogP contribution >= 0.6 is 7.82 Å². The minimum Gasteiger partial charge on any atom is -0.790 e. The summed E-state index contributed by atoms with van der Waals surface area (Å²) in [7, 11) is -5.28. The van der Waals surface area contributed by atoms with Crippen LogP contribution in [0, 0.1) is 0 Å². The van der Waals surface area contributed by atoms with Crippen LogP contribution in [0.25, 0.3) is 0 Å². The fraction of sp³-hybridized carbons (Fsp3) is 1.00. The van der Waals surface area contributed by atoms with Gasteiger partial charge in [-0.2, -0.15) is 0 Å². The third kappa shape index (κ3) is 3.78. The number of phosphoric acid groups is 1. The summed E-state index contributed by atoms with van der Waals surface area (Å²) in [5.41, 5.74) is 0. The first-order chi connectivity index (χ1) is 6.83. The molecule has 0 amide bonds. The molecule has 1 saturated heterocycles. The number of ether oxygens (including phenoxy) is 1. The number of aliphatic hydroxyl groups excluding tert-OH is 3. The predicted octanol–water partition coefficient (Wildman–Crippen LogP) is -3.34. The molecular weight excluding hydrogens is 231 g/mol. The maximum Gasteiger partial charge on any atom is 0.188 e. The monoisotopic (exact) mass is 242 g/mol. The molecule has 4 atom stereocenters. The van der Waals surface area contributed by atoms with Gasteiger partial charge in [0.1, 0.15) is 12.2 Å². The van der Waals surface area contributed by atoms with Crippen LogP contribution in [0.4, 0.5) is 0 Å². The Hall–Kier alpha value is -0.0500. The van der Waals surface area contributed by atoms with Crippen molar-refractivity contribution in [2.75, 3.05) is 6.61 Å². The van der Waals surface area contributed by atoms with E-state index < -0.39 is 39.0 Å². The number of aliphatic hydroxyl groups is 3. The molecule has 0 aromatic rings. The Bertz CT molecular complexity index is 252. The van der Waals surface area contributed by atoms with Gasteiger partial charge in [-0.15, -0.1) is 0 Å². The van der Waals surface area contributed by atoms with Gasteiger partial charge >= 0.3 is 0 Å². The van der Waals surface area contributed by atoms with Gasteiger partial charge in [0.15, 0.2) is 6.29 Å². The summed E-state index contributed by atoms with van der Waals surface area (Å²) in [6, 6.07) is 0. The second-order valence-corrected chi connectivity index (χ2v) is 4.25. The summed E-state index contributed by atoms with van der Waals surface area (Å²) >= 11 is 0. The first-order valence-corrected chi connectivity index (χ1v) is 5.62. The fourth-order valence-electron chi connectivity index (χ4n) is 1.25. The van der Waals surface area contributed by atoms with Crippen molar-refractivity contribution in [2.24, 2.45) is 0 Å². The second kappa shape index (κ2) is 4.86. The van der Waals surface area contributed by atoms with Crippen LogP contribution in [0.15, 0.2) is 0 Å². The van der Waals surface area contributed by atoms with E-state index in [1.54, 1.807) is 0 Å². The topological polar surface area (TPSA) is 142 Å². The molecule has 8 nitrogen and oxygen atoms in total. The number of hydrogen-bond acceptors (Lipinski definition) is 8. The van der Waals surface area contributed by atoms with E-state index >= 15 is 0 Å². The zero-order valence-electron chi connectivity index (χ0n) is 7.55. The molecule has 0 spiro atoms. The van der Waals surface area contributed by atoms with Crippen molar-refractivity contribution in [3.05, 3.63) is 0 Å². The van der Waals surface area contributed by atoms with E-state index in [4.69, 9.17) is 9.84 Å². The summed E-state index contributed by atoms with van der Waals surface area (Å²) in [5, 5.41) is 27.2. The molecule has 15 heavy (non-hydrogen) atoms. The molecule has 0 bridgehead atoms. The third-order valence-corrected chi connectivity index (χ3v) is 2.41. The molecule has 0 aromatic heterocycles. The summed E-state index contributed by atoms with van der Waals surface area (Å²) in [4.78, 5) is 20.5. The zero-order valence-corrected chi connectivity index (χ0v) is 8.45. The molecule has 1 heterocycles. The Morgan fingerprint density at radius 3 is 2.47 bits per heavy atom. The van der Waals surface area contributed by atoms with Crippen molar-refractivity contribution in [2.45, 2.75) is 31.0 Å². The molecule has 0 unspecified atom stereocenters. The van der Waals surface area contributed by atoms with Gasteiger partial charge < -0.3 is 38.9 Å². The number of rotatable bonds is 3. The maximum atomic E-state index is 10.3. The first kappa shape index (κ1) is 13.0. The highest BCUT2D eigenvalue weighted by Gasteiger charge is 2.36. The van der Waals surface area contributed by atoms with E-state index in [1.807, 2.05) is 0 Å². The largest absolute Gasteiger partial charge is 0.790 e. The minimum absolute atomic E-state index is 0.240. The van der Waals surface area contributed by atoms with Crippen LogP contribution in [0.2, 0.25) is 0 Å². The summed E-state index contributed by atoms with van der Waals surface area (Å²) < 4.78 is 18.9. The van der Waals surface area contributed by atoms with E-state index in [0.717, 1.165) is 0 Å². The van der Waals surface area contributed by atoms with E-state index in [-0.39, 0.29) is 6.42 Å². The highest BCUT2D eigenvalue weighted by Crippen LogP contribution is 2.32. The molecule has 3 N–H and O–H groups in total. The lowest BCUT2D eigenvalue weighted by atomic mass is 10.0. The lowest BCUT2D eigenvalue weighted by Crippen LogP contribution is -2.50. The quantitative estimate of drug-likeness (QED) is 0.436. The van der Waals surface area contributed by atoms with Crippen molar-refractivity contribution in [1.82, 2.24) is 0 Å². The lowest BCUT2D eigenvalue weighted by molar-refractivity contribution is -0.364. The predicted molar refractivity (Wildman–Crippen MR) is 41.1 cm³/mol. The second-order valence-electron chi connectivity index (χ2n) is 3.15. The van der Waals surface area contributed by atoms with Crippen LogP contribution in [-0.4, -0.2) is 46.5 Å². The molecule has 9 heteroatoms. The Kier molecular flexibility index (Phi) is 4.21. The zero-order chi connectivity index (χ0) is 11.6. The fourth-order valence-corrected chi connectivity index (χ4v) is 1.70. The Labute approximate surface area is 85.3 Å². The number of hydrogen-bond donors (Lipinski definition) is 3. The van der Waals surface area contributed by atoms with Gasteiger partial charge in [0.05, 0.1) is 20.5 Å². The lowest BCUT2D eigenvalue weighted by Gasteiger charge is -2.40. The van der Waals surface area contributed by atoms with Gasteiger partial charge in [-0.25, -0.2) is 0 Å². The highest BCUT2D eigenvalue weighted by atomic mass is 31.2. The molecule has 0 aromatic carbocycles. The molecule has 1 aliphatic rings. The van der Waals surface area contributed by atoms with E-state index in [9.17, 15) is 24.6 Å². The smallest absolute Gasteiger partial charge is 0.188 e. The SMILES string of the molecule is O=P([O-])([O-])O[C@H]1O[C@H](CO)[C@@H](O)C[C@@H]1O. The average Bonchev–Trinajstić information content (AvgIpc) is 2.07. The van der Waals surface area contributed by atoms with Crippen LogP contribution in [-0.2, 0) is 13.8 Å². The van der Waals surface area contributed by atoms with Gasteiger partial charge in [-0.1, -0.05) is 0 Å². The van der Waals surface area contributed by atoms with Crippen LogP contribution in [0.5, 0.6) is 0 Å². The van der Waals surface area contributed by atoms with Crippen molar-refractivity contribution in [3.8, 4) is 0 Å². The normalized spacial score (nSPS) is 37.9. The standard InChI is InChI=1S/C6H13O8P/c7-2-5-3(8)1-4(9)6(13-5)14-15(10,11)12/h3-9H,1-2H2,(H2,10,11,12)/p-2/t3-,4-,5+,6+/m0/s1. The number of phosphoric ester groups is 1. The Morgan fingerprint density at radius 1 is 1.40 bits per heavy atom. The molecule has 90 valence electrons. The van der Waals surface area contributed by atoms with Crippen molar-refractivity contribution in [3.63, 3.8) is 0 Å². The van der Waals surface area contributed by atoms with Gasteiger partial charge in [0.25, 0.3) is 0 Å². The van der Waals surface area contributed by atoms with Gasteiger partial charge in [-0.05, 0) is 0 Å². The third-order valence-electron chi connectivity index (χ3n) is 1.95. The summed E-state index contributed by atoms with van der Waals surface area (Å²) in [6.45, 7) is -0.574. The Morgan fingerprint density at radius 2 is 2.00 bits per heavy atom. The van der Waals surface area contributed by atoms with Gasteiger partial charge in [-0.3, -0.25) is 0 Å². The van der Waals surface area contributed by atoms with E-state index in [1.165, 1.54) is 0 Å². The Balaban J connectivity index is 2.61. The van der Waals surface area contributed by atoms with Crippen molar-refractivity contribution in [1.29, 1.82) is 0 Å². The van der Waals surface area contributed by atoms with E-state index in [0.29, 0.717) is 0 Å². The van der Waals surface area contributed by atoms with Gasteiger partial charge in [0.2, 0.25) is 0 Å². The average molecular weight is 242 g/mol. The summed E-state index contributed by atoms with van der Waals surface area (Å²) in [5.74, 6) is 0. The first-order valence-electron chi connectivity index (χ1n) is 4.16. The highest BCUT2D eigenvalue weighted by molar-refractivity contribution is 7.43.